The molecule has 0 radical (unpaired) electrons. The average molecular weight is 316 g/mol. The highest BCUT2D eigenvalue weighted by Crippen LogP contribution is 2.33. The van der Waals surface area contributed by atoms with Crippen molar-refractivity contribution in [3.05, 3.63) is 65.2 Å². The van der Waals surface area contributed by atoms with Crippen LogP contribution >= 0.6 is 0 Å². The summed E-state index contributed by atoms with van der Waals surface area (Å²) in [5.41, 5.74) is 1.73. The zero-order valence-electron chi connectivity index (χ0n) is 12.1. The number of carbonyl (C=O) groups excluding carboxylic acids is 2. The van der Waals surface area contributed by atoms with E-state index in [1.54, 1.807) is 0 Å². The standard InChI is InChI=1S/C17H14F2N2O2/c18-13-6-5-10(9-14(13)19)16(22)20-8-7-12-11-3-1-2-4-15(11)21-17(12)23/h1-6,9,12H,7-8H2,(H,20,22)(H,21,23). The first-order chi connectivity index (χ1) is 11.1. The zero-order chi connectivity index (χ0) is 16.4. The molecule has 2 N–H and O–H groups in total. The fraction of sp³-hybridized carbons (Fsp3) is 0.176. The lowest BCUT2D eigenvalue weighted by Crippen LogP contribution is -2.27. The molecule has 6 heteroatoms. The third-order valence-corrected chi connectivity index (χ3v) is 3.81. The molecule has 0 spiro atoms. The maximum absolute atomic E-state index is 13.1. The zero-order valence-corrected chi connectivity index (χ0v) is 12.1. The number of hydrogen-bond acceptors (Lipinski definition) is 2. The number of halogens is 2. The number of amides is 2. The number of benzene rings is 2. The summed E-state index contributed by atoms with van der Waals surface area (Å²) in [5, 5.41) is 5.40. The molecular weight excluding hydrogens is 302 g/mol. The van der Waals surface area contributed by atoms with Gasteiger partial charge in [-0.1, -0.05) is 18.2 Å². The van der Waals surface area contributed by atoms with Crippen LogP contribution in [-0.2, 0) is 4.79 Å². The topological polar surface area (TPSA) is 58.2 Å². The van der Waals surface area contributed by atoms with Crippen LogP contribution < -0.4 is 10.6 Å². The van der Waals surface area contributed by atoms with Gasteiger partial charge in [0.25, 0.3) is 5.91 Å². The van der Waals surface area contributed by atoms with E-state index < -0.39 is 17.5 Å². The molecular formula is C17H14F2N2O2. The van der Waals surface area contributed by atoms with Gasteiger partial charge in [-0.2, -0.15) is 0 Å². The summed E-state index contributed by atoms with van der Waals surface area (Å²) in [5.74, 6) is -3.00. The maximum atomic E-state index is 13.1. The second kappa shape index (κ2) is 6.16. The number of hydrogen-bond donors (Lipinski definition) is 2. The van der Waals surface area contributed by atoms with Crippen molar-refractivity contribution in [3.63, 3.8) is 0 Å². The first kappa shape index (κ1) is 15.1. The van der Waals surface area contributed by atoms with E-state index in [1.165, 1.54) is 6.07 Å². The number of rotatable bonds is 4. The van der Waals surface area contributed by atoms with Crippen LogP contribution in [-0.4, -0.2) is 18.4 Å². The van der Waals surface area contributed by atoms with Crippen molar-refractivity contribution < 1.29 is 18.4 Å². The molecule has 0 saturated heterocycles. The summed E-state index contributed by atoms with van der Waals surface area (Å²) in [6, 6.07) is 10.4. The minimum atomic E-state index is -1.07. The van der Waals surface area contributed by atoms with E-state index in [2.05, 4.69) is 10.6 Å². The molecule has 0 aromatic heterocycles. The Kier molecular flexibility index (Phi) is 4.06. The van der Waals surface area contributed by atoms with Crippen LogP contribution in [0.1, 0.15) is 28.3 Å². The van der Waals surface area contributed by atoms with Gasteiger partial charge in [0.1, 0.15) is 0 Å². The summed E-state index contributed by atoms with van der Waals surface area (Å²) in [6.07, 6.45) is 0.429. The first-order valence-corrected chi connectivity index (χ1v) is 7.19. The number of nitrogens with one attached hydrogen (secondary N) is 2. The van der Waals surface area contributed by atoms with Gasteiger partial charge in [0, 0.05) is 17.8 Å². The predicted molar refractivity (Wildman–Crippen MR) is 81.1 cm³/mol. The van der Waals surface area contributed by atoms with Gasteiger partial charge < -0.3 is 10.6 Å². The van der Waals surface area contributed by atoms with Gasteiger partial charge in [0.05, 0.1) is 5.92 Å². The van der Waals surface area contributed by atoms with E-state index >= 15 is 0 Å². The Hall–Kier alpha value is -2.76. The van der Waals surface area contributed by atoms with Crippen molar-refractivity contribution in [3.8, 4) is 0 Å². The smallest absolute Gasteiger partial charge is 0.251 e. The van der Waals surface area contributed by atoms with Crippen molar-refractivity contribution in [2.75, 3.05) is 11.9 Å². The van der Waals surface area contributed by atoms with E-state index in [4.69, 9.17) is 0 Å². The van der Waals surface area contributed by atoms with Crippen molar-refractivity contribution in [1.29, 1.82) is 0 Å². The van der Waals surface area contributed by atoms with Crippen molar-refractivity contribution in [2.24, 2.45) is 0 Å². The van der Waals surface area contributed by atoms with Gasteiger partial charge in [-0.15, -0.1) is 0 Å². The maximum Gasteiger partial charge on any atom is 0.251 e. The summed E-state index contributed by atoms with van der Waals surface area (Å²) in [7, 11) is 0. The number of anilines is 1. The van der Waals surface area contributed by atoms with Crippen LogP contribution in [0.3, 0.4) is 0 Å². The summed E-state index contributed by atoms with van der Waals surface area (Å²) < 4.78 is 26.0. The highest BCUT2D eigenvalue weighted by atomic mass is 19.2. The van der Waals surface area contributed by atoms with Crippen LogP contribution in [0.15, 0.2) is 42.5 Å². The molecule has 1 heterocycles. The molecule has 1 aliphatic rings. The lowest BCUT2D eigenvalue weighted by molar-refractivity contribution is -0.117. The molecule has 23 heavy (non-hydrogen) atoms. The minimum Gasteiger partial charge on any atom is -0.352 e. The quantitative estimate of drug-likeness (QED) is 0.911. The van der Waals surface area contributed by atoms with Gasteiger partial charge in [-0.3, -0.25) is 9.59 Å². The van der Waals surface area contributed by atoms with E-state index in [0.29, 0.717) is 6.42 Å². The molecule has 2 amide bonds. The average Bonchev–Trinajstić information content (AvgIpc) is 2.86. The fourth-order valence-corrected chi connectivity index (χ4v) is 2.63. The Balaban J connectivity index is 1.60. The van der Waals surface area contributed by atoms with Crippen LogP contribution in [0.4, 0.5) is 14.5 Å². The van der Waals surface area contributed by atoms with E-state index in [0.717, 1.165) is 23.4 Å². The highest BCUT2D eigenvalue weighted by molar-refractivity contribution is 6.02. The van der Waals surface area contributed by atoms with Gasteiger partial charge >= 0.3 is 0 Å². The third-order valence-electron chi connectivity index (χ3n) is 3.81. The predicted octanol–water partition coefficient (Wildman–Crippen LogP) is 2.82. The molecule has 3 rings (SSSR count). The second-order valence-corrected chi connectivity index (χ2v) is 5.30. The molecule has 2 aromatic carbocycles. The minimum absolute atomic E-state index is 0.0418. The molecule has 0 aliphatic carbocycles. The van der Waals surface area contributed by atoms with E-state index in [9.17, 15) is 18.4 Å². The van der Waals surface area contributed by atoms with E-state index in [-0.39, 0.29) is 23.9 Å². The molecule has 2 aromatic rings. The number of fused-ring (bicyclic) bond motifs is 1. The summed E-state index contributed by atoms with van der Waals surface area (Å²) >= 11 is 0. The molecule has 0 saturated carbocycles. The van der Waals surface area contributed by atoms with Gasteiger partial charge in [-0.05, 0) is 36.2 Å². The summed E-state index contributed by atoms with van der Waals surface area (Å²) in [4.78, 5) is 23.9. The Morgan fingerprint density at radius 1 is 1.13 bits per heavy atom. The van der Waals surface area contributed by atoms with Crippen molar-refractivity contribution >= 4 is 17.5 Å². The highest BCUT2D eigenvalue weighted by Gasteiger charge is 2.29. The molecule has 0 bridgehead atoms. The number of para-hydroxylation sites is 1. The first-order valence-electron chi connectivity index (χ1n) is 7.19. The molecule has 1 unspecified atom stereocenters. The van der Waals surface area contributed by atoms with Crippen LogP contribution in [0.2, 0.25) is 0 Å². The third kappa shape index (κ3) is 3.06. The van der Waals surface area contributed by atoms with Crippen LogP contribution in [0.25, 0.3) is 0 Å². The molecule has 4 nitrogen and oxygen atoms in total. The van der Waals surface area contributed by atoms with Crippen molar-refractivity contribution in [1.82, 2.24) is 5.32 Å². The Morgan fingerprint density at radius 3 is 2.70 bits per heavy atom. The lowest BCUT2D eigenvalue weighted by atomic mass is 9.97. The van der Waals surface area contributed by atoms with Crippen LogP contribution in [0, 0.1) is 11.6 Å². The Labute approximate surface area is 131 Å². The van der Waals surface area contributed by atoms with Gasteiger partial charge in [-0.25, -0.2) is 8.78 Å². The number of carbonyl (C=O) groups is 2. The molecule has 1 atom stereocenters. The SMILES string of the molecule is O=C(NCCC1C(=O)Nc2ccccc21)c1ccc(F)c(F)c1. The van der Waals surface area contributed by atoms with Crippen LogP contribution in [0.5, 0.6) is 0 Å². The Bertz CT molecular complexity index is 777. The second-order valence-electron chi connectivity index (χ2n) is 5.30. The lowest BCUT2D eigenvalue weighted by Gasteiger charge is -2.10. The summed E-state index contributed by atoms with van der Waals surface area (Å²) in [6.45, 7) is 0.254. The largest absolute Gasteiger partial charge is 0.352 e. The molecule has 0 fully saturated rings. The molecule has 1 aliphatic heterocycles. The van der Waals surface area contributed by atoms with Crippen molar-refractivity contribution in [2.45, 2.75) is 12.3 Å². The fourth-order valence-electron chi connectivity index (χ4n) is 2.63. The normalized spacial score (nSPS) is 15.9. The Morgan fingerprint density at radius 2 is 1.91 bits per heavy atom. The monoisotopic (exact) mass is 316 g/mol. The molecule has 118 valence electrons. The van der Waals surface area contributed by atoms with E-state index in [1.807, 2.05) is 24.3 Å². The van der Waals surface area contributed by atoms with Gasteiger partial charge in [0.2, 0.25) is 5.91 Å². The van der Waals surface area contributed by atoms with Gasteiger partial charge in [0.15, 0.2) is 11.6 Å².